The van der Waals surface area contributed by atoms with Crippen molar-refractivity contribution in [2.24, 2.45) is 0 Å². The van der Waals surface area contributed by atoms with E-state index in [2.05, 4.69) is 37.2 Å². The molecule has 2 nitrogen and oxygen atoms in total. The summed E-state index contributed by atoms with van der Waals surface area (Å²) in [6.45, 7) is 2.19. The first-order valence-corrected chi connectivity index (χ1v) is 7.18. The number of hydrogen-bond donors (Lipinski definition) is 1. The molecule has 0 bridgehead atoms. The highest BCUT2D eigenvalue weighted by atomic mass is 79.9. The Morgan fingerprint density at radius 1 is 1.26 bits per heavy atom. The lowest BCUT2D eigenvalue weighted by atomic mass is 10.1. The average Bonchev–Trinajstić information content (AvgIpc) is 2.69. The van der Waals surface area contributed by atoms with E-state index in [1.54, 1.807) is 6.92 Å². The summed E-state index contributed by atoms with van der Waals surface area (Å²) in [5, 5.41) is 3.08. The fourth-order valence-corrected chi connectivity index (χ4v) is 2.35. The van der Waals surface area contributed by atoms with Gasteiger partial charge in [0.1, 0.15) is 17.4 Å². The van der Waals surface area contributed by atoms with Crippen LogP contribution in [0.2, 0.25) is 0 Å². The third-order valence-corrected chi connectivity index (χ3v) is 4.41. The van der Waals surface area contributed by atoms with Crippen LogP contribution in [0, 0.1) is 11.6 Å². The topological polar surface area (TPSA) is 25.2 Å². The van der Waals surface area contributed by atoms with E-state index in [4.69, 9.17) is 4.42 Å². The molecule has 1 N–H and O–H groups in total. The smallest absolute Gasteiger partial charge is 0.183 e. The number of rotatable bonds is 4. The lowest BCUT2D eigenvalue weighted by Crippen LogP contribution is -2.19. The van der Waals surface area contributed by atoms with E-state index in [0.717, 1.165) is 16.6 Å². The number of hydrogen-bond acceptors (Lipinski definition) is 2. The summed E-state index contributed by atoms with van der Waals surface area (Å²) >= 11 is 6.55. The zero-order valence-electron chi connectivity index (χ0n) is 10.0. The molecule has 0 saturated heterocycles. The van der Waals surface area contributed by atoms with Crippen LogP contribution in [0.15, 0.2) is 37.8 Å². The highest BCUT2D eigenvalue weighted by Gasteiger charge is 2.13. The fourth-order valence-electron chi connectivity index (χ4n) is 1.69. The normalized spacial score (nSPS) is 12.7. The lowest BCUT2D eigenvalue weighted by Gasteiger charge is -2.14. The largest absolute Gasteiger partial charge is 0.452 e. The van der Waals surface area contributed by atoms with Gasteiger partial charge in [-0.15, -0.1) is 0 Å². The Morgan fingerprint density at radius 3 is 2.63 bits per heavy atom. The van der Waals surface area contributed by atoms with E-state index in [9.17, 15) is 8.78 Å². The molecule has 1 aromatic heterocycles. The standard InChI is InChI=1S/C13H11Br2F2NO/c1-7(10-4-8(16)2-3-12(10)17)18-6-9-5-11(14)13(15)19-9/h2-5,7,18H,6H2,1H3. The molecule has 2 aromatic rings. The SMILES string of the molecule is CC(NCc1cc(Br)c(Br)o1)c1cc(F)ccc1F. The van der Waals surface area contributed by atoms with Crippen molar-refractivity contribution in [1.29, 1.82) is 0 Å². The van der Waals surface area contributed by atoms with E-state index in [0.29, 0.717) is 22.5 Å². The Morgan fingerprint density at radius 2 is 2.00 bits per heavy atom. The molecule has 0 saturated carbocycles. The predicted octanol–water partition coefficient (Wildman–Crippen LogP) is 4.93. The van der Waals surface area contributed by atoms with Gasteiger partial charge in [0.25, 0.3) is 0 Å². The van der Waals surface area contributed by atoms with Crippen molar-refractivity contribution in [1.82, 2.24) is 5.32 Å². The summed E-state index contributed by atoms with van der Waals surface area (Å²) in [6, 6.07) is 4.92. The van der Waals surface area contributed by atoms with Crippen LogP contribution in [0.3, 0.4) is 0 Å². The maximum absolute atomic E-state index is 13.6. The van der Waals surface area contributed by atoms with E-state index in [1.165, 1.54) is 6.07 Å². The van der Waals surface area contributed by atoms with Crippen LogP contribution in [-0.4, -0.2) is 0 Å². The fraction of sp³-hybridized carbons (Fsp3) is 0.231. The van der Waals surface area contributed by atoms with Crippen molar-refractivity contribution in [2.75, 3.05) is 0 Å². The zero-order chi connectivity index (χ0) is 14.0. The van der Waals surface area contributed by atoms with Gasteiger partial charge in [-0.25, -0.2) is 8.78 Å². The zero-order valence-corrected chi connectivity index (χ0v) is 13.2. The van der Waals surface area contributed by atoms with Crippen molar-refractivity contribution in [2.45, 2.75) is 19.5 Å². The van der Waals surface area contributed by atoms with Crippen molar-refractivity contribution in [3.63, 3.8) is 0 Å². The number of halogens is 4. The summed E-state index contributed by atoms with van der Waals surface area (Å²) in [7, 11) is 0. The van der Waals surface area contributed by atoms with Gasteiger partial charge in [-0.3, -0.25) is 0 Å². The molecular weight excluding hydrogens is 384 g/mol. The number of nitrogens with one attached hydrogen (secondary N) is 1. The Labute approximate surface area is 126 Å². The first kappa shape index (κ1) is 14.7. The van der Waals surface area contributed by atoms with Gasteiger partial charge in [0.05, 0.1) is 11.0 Å². The molecule has 1 unspecified atom stereocenters. The molecule has 1 heterocycles. The molecule has 6 heteroatoms. The minimum Gasteiger partial charge on any atom is -0.452 e. The van der Waals surface area contributed by atoms with E-state index in [1.807, 2.05) is 6.07 Å². The summed E-state index contributed by atoms with van der Waals surface area (Å²) in [4.78, 5) is 0. The minimum absolute atomic E-state index is 0.296. The van der Waals surface area contributed by atoms with Crippen LogP contribution in [0.25, 0.3) is 0 Å². The highest BCUT2D eigenvalue weighted by Crippen LogP contribution is 2.27. The van der Waals surface area contributed by atoms with Crippen molar-refractivity contribution >= 4 is 31.9 Å². The Balaban J connectivity index is 2.04. The Kier molecular flexibility index (Phi) is 4.76. The molecule has 0 aliphatic rings. The maximum atomic E-state index is 13.6. The van der Waals surface area contributed by atoms with Gasteiger partial charge >= 0.3 is 0 Å². The molecule has 0 radical (unpaired) electrons. The van der Waals surface area contributed by atoms with Crippen LogP contribution in [-0.2, 0) is 6.54 Å². The number of benzene rings is 1. The third-order valence-electron chi connectivity index (χ3n) is 2.70. The quantitative estimate of drug-likeness (QED) is 0.794. The molecule has 0 aliphatic heterocycles. The van der Waals surface area contributed by atoms with Gasteiger partial charge in [0.15, 0.2) is 4.67 Å². The van der Waals surface area contributed by atoms with Gasteiger partial charge in [0, 0.05) is 11.6 Å². The molecule has 0 fully saturated rings. The van der Waals surface area contributed by atoms with Crippen LogP contribution in [0.1, 0.15) is 24.3 Å². The molecule has 2 rings (SSSR count). The summed E-state index contributed by atoms with van der Waals surface area (Å²) in [5.41, 5.74) is 0.296. The Hall–Kier alpha value is -0.720. The molecule has 1 atom stereocenters. The van der Waals surface area contributed by atoms with Crippen LogP contribution in [0.5, 0.6) is 0 Å². The minimum atomic E-state index is -0.450. The van der Waals surface area contributed by atoms with Gasteiger partial charge in [-0.1, -0.05) is 0 Å². The first-order chi connectivity index (χ1) is 8.97. The van der Waals surface area contributed by atoms with Gasteiger partial charge < -0.3 is 9.73 Å². The predicted molar refractivity (Wildman–Crippen MR) is 75.7 cm³/mol. The van der Waals surface area contributed by atoms with Crippen molar-refractivity contribution < 1.29 is 13.2 Å². The second-order valence-corrected chi connectivity index (χ2v) is 5.68. The molecule has 19 heavy (non-hydrogen) atoms. The van der Waals surface area contributed by atoms with E-state index < -0.39 is 11.6 Å². The van der Waals surface area contributed by atoms with Gasteiger partial charge in [-0.05, 0) is 63.0 Å². The van der Waals surface area contributed by atoms with E-state index >= 15 is 0 Å². The van der Waals surface area contributed by atoms with Crippen LogP contribution >= 0.6 is 31.9 Å². The van der Waals surface area contributed by atoms with E-state index in [-0.39, 0.29) is 6.04 Å². The summed E-state index contributed by atoms with van der Waals surface area (Å²) < 4.78 is 33.5. The molecular formula is C13H11Br2F2NO. The number of furan rings is 1. The third kappa shape index (κ3) is 3.64. The van der Waals surface area contributed by atoms with Crippen molar-refractivity contribution in [3.05, 3.63) is 56.4 Å². The lowest BCUT2D eigenvalue weighted by molar-refractivity contribution is 0.439. The molecule has 0 amide bonds. The second kappa shape index (κ2) is 6.15. The Bertz CT molecular complexity index is 567. The van der Waals surface area contributed by atoms with Crippen molar-refractivity contribution in [3.8, 4) is 0 Å². The monoisotopic (exact) mass is 393 g/mol. The molecule has 102 valence electrons. The van der Waals surface area contributed by atoms with Crippen LogP contribution in [0.4, 0.5) is 8.78 Å². The molecule has 0 spiro atoms. The van der Waals surface area contributed by atoms with Gasteiger partial charge in [-0.2, -0.15) is 0 Å². The van der Waals surface area contributed by atoms with Crippen LogP contribution < -0.4 is 5.32 Å². The molecule has 0 aliphatic carbocycles. The second-order valence-electron chi connectivity index (χ2n) is 4.10. The summed E-state index contributed by atoms with van der Waals surface area (Å²) in [5.74, 6) is -0.181. The average molecular weight is 395 g/mol. The maximum Gasteiger partial charge on any atom is 0.183 e. The van der Waals surface area contributed by atoms with Gasteiger partial charge in [0.2, 0.25) is 0 Å². The first-order valence-electron chi connectivity index (χ1n) is 5.59. The molecule has 1 aromatic carbocycles. The summed E-state index contributed by atoms with van der Waals surface area (Å²) in [6.07, 6.45) is 0. The highest BCUT2D eigenvalue weighted by molar-refractivity contribution is 9.13.